The first kappa shape index (κ1) is 13.9. The lowest BCUT2D eigenvalue weighted by Crippen LogP contribution is -2.35. The minimum Gasteiger partial charge on any atom is -0.395 e. The SMILES string of the molecule is C=CCN(CCO)S(=O)(=O)CCCCl. The molecule has 0 atom stereocenters. The van der Waals surface area contributed by atoms with Gasteiger partial charge in [0.2, 0.25) is 10.0 Å². The highest BCUT2D eigenvalue weighted by atomic mass is 35.5. The first-order chi connectivity index (χ1) is 6.58. The van der Waals surface area contributed by atoms with Gasteiger partial charge in [0.25, 0.3) is 0 Å². The van der Waals surface area contributed by atoms with Crippen molar-refractivity contribution in [2.24, 2.45) is 0 Å². The highest BCUT2D eigenvalue weighted by Crippen LogP contribution is 2.03. The number of hydrogen-bond donors (Lipinski definition) is 1. The van der Waals surface area contributed by atoms with Gasteiger partial charge in [-0.25, -0.2) is 8.42 Å². The molecule has 14 heavy (non-hydrogen) atoms. The molecular weight excluding hydrogens is 226 g/mol. The van der Waals surface area contributed by atoms with Gasteiger partial charge in [0.05, 0.1) is 12.4 Å². The molecule has 0 aliphatic heterocycles. The number of rotatable bonds is 8. The molecule has 0 unspecified atom stereocenters. The molecule has 0 aromatic carbocycles. The molecule has 0 aliphatic carbocycles. The van der Waals surface area contributed by atoms with E-state index in [1.54, 1.807) is 0 Å². The van der Waals surface area contributed by atoms with E-state index in [-0.39, 0.29) is 25.4 Å². The van der Waals surface area contributed by atoms with Crippen LogP contribution in [0.25, 0.3) is 0 Å². The van der Waals surface area contributed by atoms with Crippen LogP contribution in [0.2, 0.25) is 0 Å². The number of hydrogen-bond acceptors (Lipinski definition) is 3. The molecule has 0 rings (SSSR count). The molecule has 0 aromatic rings. The smallest absolute Gasteiger partial charge is 0.214 e. The Balaban J connectivity index is 4.37. The van der Waals surface area contributed by atoms with Crippen LogP contribution in [0, 0.1) is 0 Å². The Labute approximate surface area is 90.2 Å². The van der Waals surface area contributed by atoms with E-state index in [0.29, 0.717) is 12.3 Å². The zero-order chi connectivity index (χ0) is 11.0. The average molecular weight is 242 g/mol. The normalized spacial score (nSPS) is 11.9. The summed E-state index contributed by atoms with van der Waals surface area (Å²) in [6.45, 7) is 3.61. The Kier molecular flexibility index (Phi) is 7.17. The number of sulfonamides is 1. The lowest BCUT2D eigenvalue weighted by Gasteiger charge is -2.19. The standard InChI is InChI=1S/C8H16ClNO3S/c1-2-5-10(6-7-11)14(12,13)8-3-4-9/h2,11H,1,3-8H2. The Bertz CT molecular complexity index is 253. The second kappa shape index (κ2) is 7.23. The van der Waals surface area contributed by atoms with Crippen molar-refractivity contribution in [2.45, 2.75) is 6.42 Å². The van der Waals surface area contributed by atoms with Crippen molar-refractivity contribution < 1.29 is 13.5 Å². The summed E-state index contributed by atoms with van der Waals surface area (Å²) in [5.74, 6) is 0.338. The third kappa shape index (κ3) is 4.95. The van der Waals surface area contributed by atoms with E-state index < -0.39 is 10.0 Å². The van der Waals surface area contributed by atoms with Gasteiger partial charge in [-0.15, -0.1) is 18.2 Å². The molecule has 6 heteroatoms. The van der Waals surface area contributed by atoms with E-state index in [1.165, 1.54) is 10.4 Å². The zero-order valence-corrected chi connectivity index (χ0v) is 9.60. The summed E-state index contributed by atoms with van der Waals surface area (Å²) in [5, 5.41) is 8.69. The summed E-state index contributed by atoms with van der Waals surface area (Å²) in [6, 6.07) is 0. The lowest BCUT2D eigenvalue weighted by molar-refractivity contribution is 0.260. The zero-order valence-electron chi connectivity index (χ0n) is 8.02. The highest BCUT2D eigenvalue weighted by Gasteiger charge is 2.19. The summed E-state index contributed by atoms with van der Waals surface area (Å²) in [4.78, 5) is 0. The summed E-state index contributed by atoms with van der Waals surface area (Å²) >= 11 is 5.41. The average Bonchev–Trinajstić information content (AvgIpc) is 2.14. The van der Waals surface area contributed by atoms with Gasteiger partial charge < -0.3 is 5.11 Å². The van der Waals surface area contributed by atoms with Crippen molar-refractivity contribution in [1.82, 2.24) is 4.31 Å². The fourth-order valence-corrected chi connectivity index (χ4v) is 2.72. The van der Waals surface area contributed by atoms with Crippen LogP contribution in [0.5, 0.6) is 0 Å². The second-order valence-electron chi connectivity index (χ2n) is 2.73. The van der Waals surface area contributed by atoms with Crippen LogP contribution in [0.4, 0.5) is 0 Å². The van der Waals surface area contributed by atoms with Gasteiger partial charge in [0.15, 0.2) is 0 Å². The van der Waals surface area contributed by atoms with Crippen LogP contribution in [0.1, 0.15) is 6.42 Å². The number of aliphatic hydroxyl groups excluding tert-OH is 1. The molecule has 0 amide bonds. The molecule has 1 N–H and O–H groups in total. The van der Waals surface area contributed by atoms with E-state index in [9.17, 15) is 8.42 Å². The lowest BCUT2D eigenvalue weighted by atomic mass is 10.6. The fraction of sp³-hybridized carbons (Fsp3) is 0.750. The molecule has 0 fully saturated rings. The van der Waals surface area contributed by atoms with Crippen LogP contribution in [0.15, 0.2) is 12.7 Å². The summed E-state index contributed by atoms with van der Waals surface area (Å²) in [7, 11) is -3.29. The van der Waals surface area contributed by atoms with Crippen LogP contribution in [-0.4, -0.2) is 49.2 Å². The summed E-state index contributed by atoms with van der Waals surface area (Å²) < 4.78 is 24.4. The number of alkyl halides is 1. The number of aliphatic hydroxyl groups is 1. The van der Waals surface area contributed by atoms with E-state index in [1.807, 2.05) is 0 Å². The summed E-state index contributed by atoms with van der Waals surface area (Å²) in [6.07, 6.45) is 1.91. The highest BCUT2D eigenvalue weighted by molar-refractivity contribution is 7.89. The monoisotopic (exact) mass is 241 g/mol. The van der Waals surface area contributed by atoms with Crippen molar-refractivity contribution in [3.8, 4) is 0 Å². The third-order valence-electron chi connectivity index (χ3n) is 1.61. The Morgan fingerprint density at radius 2 is 2.14 bits per heavy atom. The second-order valence-corrected chi connectivity index (χ2v) is 5.20. The molecule has 0 saturated carbocycles. The van der Waals surface area contributed by atoms with Crippen molar-refractivity contribution in [2.75, 3.05) is 31.3 Å². The fourth-order valence-electron chi connectivity index (χ4n) is 0.966. The molecule has 0 aromatic heterocycles. The van der Waals surface area contributed by atoms with Crippen LogP contribution in [0.3, 0.4) is 0 Å². The topological polar surface area (TPSA) is 57.6 Å². The molecule has 0 aliphatic rings. The maximum atomic E-state index is 11.6. The van der Waals surface area contributed by atoms with Crippen LogP contribution >= 0.6 is 11.6 Å². The number of halogens is 1. The maximum absolute atomic E-state index is 11.6. The predicted octanol–water partition coefficient (Wildman–Crippen LogP) is 0.425. The van der Waals surface area contributed by atoms with Crippen molar-refractivity contribution in [1.29, 1.82) is 0 Å². The molecule has 0 saturated heterocycles. The van der Waals surface area contributed by atoms with Crippen LogP contribution < -0.4 is 0 Å². The molecule has 0 bridgehead atoms. The van der Waals surface area contributed by atoms with Crippen molar-refractivity contribution in [3.63, 3.8) is 0 Å². The largest absolute Gasteiger partial charge is 0.395 e. The van der Waals surface area contributed by atoms with Gasteiger partial charge in [0.1, 0.15) is 0 Å². The molecule has 4 nitrogen and oxygen atoms in total. The van der Waals surface area contributed by atoms with Crippen LogP contribution in [-0.2, 0) is 10.0 Å². The molecule has 0 heterocycles. The molecule has 0 radical (unpaired) electrons. The minimum atomic E-state index is -3.29. The van der Waals surface area contributed by atoms with Gasteiger partial charge >= 0.3 is 0 Å². The number of nitrogens with zero attached hydrogens (tertiary/aromatic N) is 1. The first-order valence-corrected chi connectivity index (χ1v) is 6.48. The quantitative estimate of drug-likeness (QED) is 0.495. The van der Waals surface area contributed by atoms with E-state index in [4.69, 9.17) is 16.7 Å². The Morgan fingerprint density at radius 1 is 1.50 bits per heavy atom. The predicted molar refractivity (Wildman–Crippen MR) is 58.0 cm³/mol. The Hall–Kier alpha value is -0.100. The van der Waals surface area contributed by atoms with E-state index in [2.05, 4.69) is 6.58 Å². The van der Waals surface area contributed by atoms with Crippen molar-refractivity contribution in [3.05, 3.63) is 12.7 Å². The molecule has 84 valence electrons. The van der Waals surface area contributed by atoms with E-state index in [0.717, 1.165) is 0 Å². The van der Waals surface area contributed by atoms with Gasteiger partial charge in [-0.1, -0.05) is 6.08 Å². The maximum Gasteiger partial charge on any atom is 0.214 e. The van der Waals surface area contributed by atoms with Gasteiger partial charge in [-0.05, 0) is 6.42 Å². The third-order valence-corrected chi connectivity index (χ3v) is 3.80. The Morgan fingerprint density at radius 3 is 2.57 bits per heavy atom. The minimum absolute atomic E-state index is 0.0182. The van der Waals surface area contributed by atoms with E-state index >= 15 is 0 Å². The molecular formula is C8H16ClNO3S. The van der Waals surface area contributed by atoms with Gasteiger partial charge in [0, 0.05) is 19.0 Å². The van der Waals surface area contributed by atoms with Gasteiger partial charge in [-0.3, -0.25) is 0 Å². The van der Waals surface area contributed by atoms with Gasteiger partial charge in [-0.2, -0.15) is 4.31 Å². The first-order valence-electron chi connectivity index (χ1n) is 4.34. The van der Waals surface area contributed by atoms with Crippen molar-refractivity contribution >= 4 is 21.6 Å². The summed E-state index contributed by atoms with van der Waals surface area (Å²) in [5.41, 5.74) is 0. The molecule has 0 spiro atoms.